The number of nitrogens with two attached hydrogens (primary N) is 1. The third-order valence-electron chi connectivity index (χ3n) is 5.73. The van der Waals surface area contributed by atoms with E-state index in [-0.39, 0.29) is 0 Å². The Morgan fingerprint density at radius 3 is 2.47 bits per heavy atom. The van der Waals surface area contributed by atoms with Gasteiger partial charge in [0.1, 0.15) is 29.3 Å². The van der Waals surface area contributed by atoms with E-state index >= 15 is 0 Å². The number of nitrogens with one attached hydrogen (secondary N) is 1. The number of hydrogen-bond acceptors (Lipinski definition) is 6. The van der Waals surface area contributed by atoms with E-state index < -0.39 is 0 Å². The molecular formula is C24H21N7O. The SMILES string of the molecule is Nc1ncnc2c1c(-c1ccc(Oc3ccccc3)cc1)nn2-c1ccn(C2CNC2)c1. The van der Waals surface area contributed by atoms with Gasteiger partial charge in [0.05, 0.1) is 17.1 Å². The van der Waals surface area contributed by atoms with Gasteiger partial charge in [-0.2, -0.15) is 5.10 Å². The zero-order chi connectivity index (χ0) is 21.5. The summed E-state index contributed by atoms with van der Waals surface area (Å²) in [6.45, 7) is 1.96. The standard InChI is InChI=1S/C24H21N7O/c25-23-21-22(16-6-8-20(9-7-16)32-19-4-2-1-3-5-19)29-31(24(21)28-15-27-23)17-10-11-30(14-17)18-12-26-13-18/h1-11,14-15,18,26H,12-13H2,(H2,25,27,28). The molecule has 1 fully saturated rings. The summed E-state index contributed by atoms with van der Waals surface area (Å²) < 4.78 is 9.95. The highest BCUT2D eigenvalue weighted by Crippen LogP contribution is 2.33. The molecule has 5 aromatic rings. The first-order chi connectivity index (χ1) is 15.8. The topological polar surface area (TPSA) is 95.8 Å². The lowest BCUT2D eigenvalue weighted by molar-refractivity contribution is 0.344. The maximum atomic E-state index is 6.26. The number of fused-ring (bicyclic) bond motifs is 1. The maximum Gasteiger partial charge on any atom is 0.169 e. The van der Waals surface area contributed by atoms with Crippen molar-refractivity contribution in [3.63, 3.8) is 0 Å². The van der Waals surface area contributed by atoms with E-state index in [9.17, 15) is 0 Å². The van der Waals surface area contributed by atoms with Crippen molar-refractivity contribution in [2.24, 2.45) is 0 Å². The molecule has 0 radical (unpaired) electrons. The summed E-state index contributed by atoms with van der Waals surface area (Å²) >= 11 is 0. The Bertz CT molecular complexity index is 1390. The summed E-state index contributed by atoms with van der Waals surface area (Å²) in [5.74, 6) is 1.95. The number of para-hydroxylation sites is 1. The molecule has 32 heavy (non-hydrogen) atoms. The van der Waals surface area contributed by atoms with Crippen molar-refractivity contribution in [2.75, 3.05) is 18.8 Å². The summed E-state index contributed by atoms with van der Waals surface area (Å²) in [6.07, 6.45) is 5.65. The van der Waals surface area contributed by atoms with Crippen molar-refractivity contribution in [3.8, 4) is 28.4 Å². The van der Waals surface area contributed by atoms with Gasteiger partial charge in [-0.1, -0.05) is 18.2 Å². The quantitative estimate of drug-likeness (QED) is 0.446. The molecule has 0 aliphatic carbocycles. The minimum Gasteiger partial charge on any atom is -0.457 e. The monoisotopic (exact) mass is 423 g/mol. The molecule has 2 aromatic carbocycles. The predicted molar refractivity (Wildman–Crippen MR) is 123 cm³/mol. The third kappa shape index (κ3) is 3.17. The van der Waals surface area contributed by atoms with Crippen molar-refractivity contribution >= 4 is 16.9 Å². The zero-order valence-electron chi connectivity index (χ0n) is 17.2. The summed E-state index contributed by atoms with van der Waals surface area (Å²) in [7, 11) is 0. The molecule has 0 bridgehead atoms. The highest BCUT2D eigenvalue weighted by Gasteiger charge is 2.21. The number of benzene rings is 2. The fraction of sp³-hybridized carbons (Fsp3) is 0.125. The van der Waals surface area contributed by atoms with Crippen molar-refractivity contribution in [3.05, 3.63) is 79.4 Å². The molecule has 0 unspecified atom stereocenters. The Morgan fingerprint density at radius 2 is 1.72 bits per heavy atom. The first-order valence-electron chi connectivity index (χ1n) is 10.5. The van der Waals surface area contributed by atoms with Gasteiger partial charge in [-0.3, -0.25) is 0 Å². The molecule has 3 aromatic heterocycles. The van der Waals surface area contributed by atoms with Gasteiger partial charge in [-0.25, -0.2) is 14.6 Å². The number of anilines is 1. The third-order valence-corrected chi connectivity index (χ3v) is 5.73. The van der Waals surface area contributed by atoms with Crippen LogP contribution in [0, 0.1) is 0 Å². The van der Waals surface area contributed by atoms with Crippen LogP contribution in [0.5, 0.6) is 11.5 Å². The van der Waals surface area contributed by atoms with Crippen LogP contribution in [0.1, 0.15) is 6.04 Å². The van der Waals surface area contributed by atoms with Crippen LogP contribution in [0.15, 0.2) is 79.4 Å². The molecule has 4 heterocycles. The normalized spacial score (nSPS) is 13.9. The lowest BCUT2D eigenvalue weighted by atomic mass is 10.1. The van der Waals surface area contributed by atoms with Crippen LogP contribution in [0.25, 0.3) is 28.0 Å². The van der Waals surface area contributed by atoms with Crippen molar-refractivity contribution in [1.82, 2.24) is 29.6 Å². The van der Waals surface area contributed by atoms with Crippen LogP contribution < -0.4 is 15.8 Å². The summed E-state index contributed by atoms with van der Waals surface area (Å²) in [5, 5.41) is 8.92. The second kappa shape index (κ2) is 7.51. The van der Waals surface area contributed by atoms with E-state index in [0.29, 0.717) is 17.5 Å². The molecule has 1 aliphatic rings. The van der Waals surface area contributed by atoms with Gasteiger partial charge in [0, 0.05) is 31.0 Å². The van der Waals surface area contributed by atoms with Crippen molar-refractivity contribution in [1.29, 1.82) is 0 Å². The van der Waals surface area contributed by atoms with Gasteiger partial charge in [-0.05, 0) is 42.5 Å². The summed E-state index contributed by atoms with van der Waals surface area (Å²) in [5.41, 5.74) is 9.53. The minimum absolute atomic E-state index is 0.406. The average Bonchev–Trinajstić information content (AvgIpc) is 3.40. The van der Waals surface area contributed by atoms with Gasteiger partial charge >= 0.3 is 0 Å². The predicted octanol–water partition coefficient (Wildman–Crippen LogP) is 3.80. The molecule has 0 spiro atoms. The van der Waals surface area contributed by atoms with E-state index in [1.54, 1.807) is 0 Å². The smallest absolute Gasteiger partial charge is 0.169 e. The Hall–Kier alpha value is -4.17. The Balaban J connectivity index is 1.39. The second-order valence-electron chi connectivity index (χ2n) is 7.79. The Labute approximate surface area is 184 Å². The molecule has 1 aliphatic heterocycles. The lowest BCUT2D eigenvalue weighted by Crippen LogP contribution is -2.42. The molecule has 1 saturated heterocycles. The van der Waals surface area contributed by atoms with Gasteiger partial charge in [-0.15, -0.1) is 0 Å². The molecule has 3 N–H and O–H groups in total. The minimum atomic E-state index is 0.406. The first kappa shape index (κ1) is 18.6. The van der Waals surface area contributed by atoms with Crippen LogP contribution in [0.4, 0.5) is 5.82 Å². The lowest BCUT2D eigenvalue weighted by Gasteiger charge is -2.28. The molecular weight excluding hydrogens is 402 g/mol. The fourth-order valence-corrected chi connectivity index (χ4v) is 3.90. The first-order valence-corrected chi connectivity index (χ1v) is 10.5. The van der Waals surface area contributed by atoms with Crippen LogP contribution in [0.3, 0.4) is 0 Å². The number of ether oxygens (including phenoxy) is 1. The molecule has 0 saturated carbocycles. The largest absolute Gasteiger partial charge is 0.457 e. The number of hydrogen-bond donors (Lipinski definition) is 2. The van der Waals surface area contributed by atoms with E-state index in [0.717, 1.165) is 46.9 Å². The molecule has 6 rings (SSSR count). The van der Waals surface area contributed by atoms with Gasteiger partial charge in [0.15, 0.2) is 5.65 Å². The second-order valence-corrected chi connectivity index (χ2v) is 7.79. The summed E-state index contributed by atoms with van der Waals surface area (Å²) in [4.78, 5) is 8.69. The van der Waals surface area contributed by atoms with Crippen LogP contribution in [-0.2, 0) is 0 Å². The van der Waals surface area contributed by atoms with E-state index in [4.69, 9.17) is 15.6 Å². The van der Waals surface area contributed by atoms with Crippen LogP contribution >= 0.6 is 0 Å². The molecule has 8 nitrogen and oxygen atoms in total. The van der Waals surface area contributed by atoms with E-state index in [2.05, 4.69) is 32.2 Å². The van der Waals surface area contributed by atoms with Gasteiger partial charge in [0.25, 0.3) is 0 Å². The van der Waals surface area contributed by atoms with Crippen LogP contribution in [0.2, 0.25) is 0 Å². The zero-order valence-corrected chi connectivity index (χ0v) is 17.2. The average molecular weight is 423 g/mol. The fourth-order valence-electron chi connectivity index (χ4n) is 3.90. The highest BCUT2D eigenvalue weighted by molar-refractivity contribution is 5.98. The van der Waals surface area contributed by atoms with E-state index in [1.807, 2.05) is 65.3 Å². The van der Waals surface area contributed by atoms with Crippen LogP contribution in [-0.4, -0.2) is 37.4 Å². The van der Waals surface area contributed by atoms with Gasteiger partial charge < -0.3 is 20.4 Å². The van der Waals surface area contributed by atoms with Gasteiger partial charge in [0.2, 0.25) is 0 Å². The van der Waals surface area contributed by atoms with Crippen molar-refractivity contribution in [2.45, 2.75) is 6.04 Å². The molecule has 8 heteroatoms. The number of nitrogens with zero attached hydrogens (tertiary/aromatic N) is 5. The molecule has 0 atom stereocenters. The maximum absolute atomic E-state index is 6.26. The molecule has 158 valence electrons. The number of nitrogen functional groups attached to an aromatic ring is 1. The summed E-state index contributed by atoms with van der Waals surface area (Å²) in [6, 6.07) is 20.0. The number of rotatable bonds is 5. The molecule has 0 amide bonds. The number of aromatic nitrogens is 5. The Morgan fingerprint density at radius 1 is 0.938 bits per heavy atom. The van der Waals surface area contributed by atoms with Crippen molar-refractivity contribution < 1.29 is 4.74 Å². The highest BCUT2D eigenvalue weighted by atomic mass is 16.5. The Kier molecular flexibility index (Phi) is 4.36. The van der Waals surface area contributed by atoms with E-state index in [1.165, 1.54) is 6.33 Å².